The highest BCUT2D eigenvalue weighted by atomic mass is 16.5. The molecule has 0 bridgehead atoms. The molecule has 16 heavy (non-hydrogen) atoms. The summed E-state index contributed by atoms with van der Waals surface area (Å²) in [6, 6.07) is -0.242. The van der Waals surface area contributed by atoms with Crippen molar-refractivity contribution >= 4 is 5.97 Å². The molecule has 0 saturated heterocycles. The Bertz CT molecular complexity index is 224. The molecule has 1 saturated carbocycles. The molecule has 0 radical (unpaired) electrons. The summed E-state index contributed by atoms with van der Waals surface area (Å²) >= 11 is 0. The topological polar surface area (TPSA) is 58.6 Å². The molecular formula is C12H23NO3. The van der Waals surface area contributed by atoms with Gasteiger partial charge < -0.3 is 15.2 Å². The second kappa shape index (κ2) is 6.21. The molecule has 2 N–H and O–H groups in total. The Hall–Kier alpha value is -0.610. The number of nitrogens with one attached hydrogen (secondary N) is 1. The zero-order valence-corrected chi connectivity index (χ0v) is 10.3. The van der Waals surface area contributed by atoms with E-state index in [1.807, 2.05) is 6.92 Å². The molecule has 1 atom stereocenters. The van der Waals surface area contributed by atoms with Gasteiger partial charge >= 0.3 is 5.97 Å². The first kappa shape index (κ1) is 13.5. The fourth-order valence-electron chi connectivity index (χ4n) is 2.39. The predicted octanol–water partition coefficient (Wildman–Crippen LogP) is 1.08. The molecule has 4 nitrogen and oxygen atoms in total. The van der Waals surface area contributed by atoms with Crippen LogP contribution in [0.4, 0.5) is 0 Å². The van der Waals surface area contributed by atoms with Gasteiger partial charge in [-0.3, -0.25) is 4.79 Å². The highest BCUT2D eigenvalue weighted by Crippen LogP contribution is 2.36. The van der Waals surface area contributed by atoms with Gasteiger partial charge in [0.05, 0.1) is 7.11 Å². The molecule has 1 rings (SSSR count). The van der Waals surface area contributed by atoms with E-state index in [1.165, 1.54) is 20.0 Å². The highest BCUT2D eigenvalue weighted by Gasteiger charge is 2.34. The SMILES string of the molecule is CCC(NCC1(CO)CCCC1)C(=O)OC. The Morgan fingerprint density at radius 3 is 2.56 bits per heavy atom. The molecule has 1 unspecified atom stereocenters. The standard InChI is InChI=1S/C12H23NO3/c1-3-10(11(15)16-2)13-8-12(9-14)6-4-5-7-12/h10,13-14H,3-9H2,1-2H3. The second-order valence-electron chi connectivity index (χ2n) is 4.73. The normalized spacial score (nSPS) is 20.7. The van der Waals surface area contributed by atoms with Gasteiger partial charge in [0, 0.05) is 18.6 Å². The molecule has 94 valence electrons. The molecule has 1 aliphatic carbocycles. The van der Waals surface area contributed by atoms with Crippen LogP contribution in [0.2, 0.25) is 0 Å². The summed E-state index contributed by atoms with van der Waals surface area (Å²) in [7, 11) is 1.41. The molecule has 0 amide bonds. The minimum absolute atomic E-state index is 0.0125. The van der Waals surface area contributed by atoms with Crippen LogP contribution in [-0.4, -0.2) is 37.4 Å². The predicted molar refractivity (Wildman–Crippen MR) is 62.1 cm³/mol. The number of carbonyl (C=O) groups is 1. The Balaban J connectivity index is 2.44. The van der Waals surface area contributed by atoms with Crippen LogP contribution in [0.15, 0.2) is 0 Å². The minimum atomic E-state index is -0.242. The molecule has 0 aromatic heterocycles. The molecular weight excluding hydrogens is 206 g/mol. The minimum Gasteiger partial charge on any atom is -0.468 e. The lowest BCUT2D eigenvalue weighted by molar-refractivity contribution is -0.143. The van der Waals surface area contributed by atoms with Gasteiger partial charge in [-0.2, -0.15) is 0 Å². The lowest BCUT2D eigenvalue weighted by atomic mass is 9.87. The van der Waals surface area contributed by atoms with Crippen molar-refractivity contribution in [3.05, 3.63) is 0 Å². The zero-order valence-electron chi connectivity index (χ0n) is 10.3. The molecule has 0 spiro atoms. The van der Waals surface area contributed by atoms with Crippen molar-refractivity contribution in [3.8, 4) is 0 Å². The maximum atomic E-state index is 11.4. The first-order chi connectivity index (χ1) is 7.67. The summed E-state index contributed by atoms with van der Waals surface area (Å²) in [6.45, 7) is 2.86. The zero-order chi connectivity index (χ0) is 12.0. The van der Waals surface area contributed by atoms with Crippen molar-refractivity contribution in [3.63, 3.8) is 0 Å². The maximum absolute atomic E-state index is 11.4. The average Bonchev–Trinajstić information content (AvgIpc) is 2.79. The summed E-state index contributed by atoms with van der Waals surface area (Å²) in [5.41, 5.74) is -0.0125. The van der Waals surface area contributed by atoms with E-state index in [0.717, 1.165) is 12.8 Å². The summed E-state index contributed by atoms with van der Waals surface area (Å²) < 4.78 is 4.72. The van der Waals surface area contributed by atoms with Gasteiger partial charge in [0.1, 0.15) is 6.04 Å². The van der Waals surface area contributed by atoms with Crippen molar-refractivity contribution in [2.24, 2.45) is 5.41 Å². The van der Waals surface area contributed by atoms with E-state index in [4.69, 9.17) is 4.74 Å². The Labute approximate surface area is 97.4 Å². The van der Waals surface area contributed by atoms with E-state index < -0.39 is 0 Å². The molecule has 1 aliphatic rings. The van der Waals surface area contributed by atoms with Gasteiger partial charge in [0.25, 0.3) is 0 Å². The molecule has 4 heteroatoms. The van der Waals surface area contributed by atoms with Crippen molar-refractivity contribution in [1.29, 1.82) is 0 Å². The van der Waals surface area contributed by atoms with Crippen LogP contribution in [-0.2, 0) is 9.53 Å². The highest BCUT2D eigenvalue weighted by molar-refractivity contribution is 5.75. The lowest BCUT2D eigenvalue weighted by Gasteiger charge is -2.28. The number of carbonyl (C=O) groups excluding carboxylic acids is 1. The van der Waals surface area contributed by atoms with Gasteiger partial charge in [-0.25, -0.2) is 0 Å². The van der Waals surface area contributed by atoms with Crippen LogP contribution in [0, 0.1) is 5.41 Å². The number of aliphatic hydroxyl groups excluding tert-OH is 1. The third kappa shape index (κ3) is 3.19. The third-order valence-electron chi connectivity index (χ3n) is 3.62. The van der Waals surface area contributed by atoms with E-state index >= 15 is 0 Å². The fraction of sp³-hybridized carbons (Fsp3) is 0.917. The van der Waals surface area contributed by atoms with E-state index in [-0.39, 0.29) is 24.0 Å². The van der Waals surface area contributed by atoms with Crippen LogP contribution in [0.25, 0.3) is 0 Å². The van der Waals surface area contributed by atoms with E-state index in [2.05, 4.69) is 5.32 Å². The fourth-order valence-corrected chi connectivity index (χ4v) is 2.39. The number of hydrogen-bond acceptors (Lipinski definition) is 4. The number of esters is 1. The Morgan fingerprint density at radius 1 is 1.50 bits per heavy atom. The van der Waals surface area contributed by atoms with Crippen LogP contribution in [0.5, 0.6) is 0 Å². The molecule has 1 fully saturated rings. The number of methoxy groups -OCH3 is 1. The first-order valence-corrected chi connectivity index (χ1v) is 6.09. The van der Waals surface area contributed by atoms with E-state index in [1.54, 1.807) is 0 Å². The van der Waals surface area contributed by atoms with Gasteiger partial charge in [0.2, 0.25) is 0 Å². The monoisotopic (exact) mass is 229 g/mol. The van der Waals surface area contributed by atoms with Crippen LogP contribution >= 0.6 is 0 Å². The van der Waals surface area contributed by atoms with Crippen LogP contribution in [0.1, 0.15) is 39.0 Å². The van der Waals surface area contributed by atoms with Gasteiger partial charge in [-0.15, -0.1) is 0 Å². The quantitative estimate of drug-likeness (QED) is 0.669. The van der Waals surface area contributed by atoms with Crippen molar-refractivity contribution in [2.75, 3.05) is 20.3 Å². The van der Waals surface area contributed by atoms with Gasteiger partial charge in [-0.1, -0.05) is 19.8 Å². The Kier molecular flexibility index (Phi) is 5.22. The number of ether oxygens (including phenoxy) is 1. The third-order valence-corrected chi connectivity index (χ3v) is 3.62. The van der Waals surface area contributed by atoms with Gasteiger partial charge in [0.15, 0.2) is 0 Å². The number of rotatable bonds is 6. The average molecular weight is 229 g/mol. The van der Waals surface area contributed by atoms with E-state index in [0.29, 0.717) is 13.0 Å². The molecule has 0 aliphatic heterocycles. The van der Waals surface area contributed by atoms with Crippen molar-refractivity contribution in [2.45, 2.75) is 45.1 Å². The van der Waals surface area contributed by atoms with Crippen LogP contribution in [0.3, 0.4) is 0 Å². The van der Waals surface area contributed by atoms with E-state index in [9.17, 15) is 9.90 Å². The molecule has 0 aromatic rings. The second-order valence-corrected chi connectivity index (χ2v) is 4.73. The van der Waals surface area contributed by atoms with Crippen LogP contribution < -0.4 is 5.32 Å². The van der Waals surface area contributed by atoms with Gasteiger partial charge in [-0.05, 0) is 19.3 Å². The summed E-state index contributed by atoms with van der Waals surface area (Å²) in [5, 5.41) is 12.7. The first-order valence-electron chi connectivity index (χ1n) is 6.09. The smallest absolute Gasteiger partial charge is 0.322 e. The van der Waals surface area contributed by atoms with Crippen molar-refractivity contribution in [1.82, 2.24) is 5.32 Å². The maximum Gasteiger partial charge on any atom is 0.322 e. The van der Waals surface area contributed by atoms with Crippen molar-refractivity contribution < 1.29 is 14.6 Å². The summed E-state index contributed by atoms with van der Waals surface area (Å²) in [4.78, 5) is 11.4. The summed E-state index contributed by atoms with van der Waals surface area (Å²) in [6.07, 6.45) is 5.17. The number of aliphatic hydroxyl groups is 1. The lowest BCUT2D eigenvalue weighted by Crippen LogP contribution is -2.44. The summed E-state index contributed by atoms with van der Waals surface area (Å²) in [5.74, 6) is -0.214. The Morgan fingerprint density at radius 2 is 2.12 bits per heavy atom. The number of hydrogen-bond donors (Lipinski definition) is 2. The molecule has 0 heterocycles. The largest absolute Gasteiger partial charge is 0.468 e. The molecule has 0 aromatic carbocycles.